The van der Waals surface area contributed by atoms with Gasteiger partial charge in [0.15, 0.2) is 0 Å². The maximum atomic E-state index is 9.43. The molecule has 2 rings (SSSR count). The molecule has 0 heterocycles. The van der Waals surface area contributed by atoms with Gasteiger partial charge in [-0.15, -0.1) is 6.58 Å². The Morgan fingerprint density at radius 1 is 1.42 bits per heavy atom. The van der Waals surface area contributed by atoms with E-state index < -0.39 is 0 Å². The Morgan fingerprint density at radius 3 is 2.75 bits per heavy atom. The molecule has 0 aromatic carbocycles. The summed E-state index contributed by atoms with van der Waals surface area (Å²) >= 11 is 0. The van der Waals surface area contributed by atoms with Crippen LogP contribution in [0.15, 0.2) is 12.7 Å². The van der Waals surface area contributed by atoms with E-state index in [1.165, 1.54) is 25.7 Å². The molecule has 0 spiro atoms. The lowest BCUT2D eigenvalue weighted by molar-refractivity contribution is 0.163. The molecule has 12 heavy (non-hydrogen) atoms. The van der Waals surface area contributed by atoms with Crippen molar-refractivity contribution in [1.29, 1.82) is 0 Å². The Labute approximate surface area is 74.5 Å². The first-order chi connectivity index (χ1) is 5.79. The summed E-state index contributed by atoms with van der Waals surface area (Å²) in [4.78, 5) is 0. The van der Waals surface area contributed by atoms with Gasteiger partial charge in [0.25, 0.3) is 0 Å². The molecule has 0 saturated heterocycles. The molecular formula is C11H18O. The van der Waals surface area contributed by atoms with Crippen LogP contribution in [0.3, 0.4) is 0 Å². The van der Waals surface area contributed by atoms with Crippen LogP contribution in [-0.4, -0.2) is 11.2 Å². The molecular weight excluding hydrogens is 148 g/mol. The number of rotatable bonds is 3. The van der Waals surface area contributed by atoms with E-state index >= 15 is 0 Å². The van der Waals surface area contributed by atoms with Crippen molar-refractivity contribution in [2.45, 2.75) is 38.2 Å². The van der Waals surface area contributed by atoms with E-state index in [9.17, 15) is 5.11 Å². The van der Waals surface area contributed by atoms with E-state index in [4.69, 9.17) is 0 Å². The lowest BCUT2D eigenvalue weighted by Gasteiger charge is -2.22. The van der Waals surface area contributed by atoms with Gasteiger partial charge in [0.1, 0.15) is 0 Å². The van der Waals surface area contributed by atoms with Crippen molar-refractivity contribution in [2.75, 3.05) is 0 Å². The van der Waals surface area contributed by atoms with E-state index in [1.54, 1.807) is 6.08 Å². The highest BCUT2D eigenvalue weighted by molar-refractivity contribution is 4.92. The Kier molecular flexibility index (Phi) is 2.22. The molecule has 0 aromatic heterocycles. The first kappa shape index (κ1) is 8.31. The van der Waals surface area contributed by atoms with E-state index in [0.29, 0.717) is 0 Å². The molecule has 0 unspecified atom stereocenters. The highest BCUT2D eigenvalue weighted by Gasteiger charge is 2.39. The quantitative estimate of drug-likeness (QED) is 0.638. The fraction of sp³-hybridized carbons (Fsp3) is 0.818. The van der Waals surface area contributed by atoms with Gasteiger partial charge in [-0.2, -0.15) is 0 Å². The summed E-state index contributed by atoms with van der Waals surface area (Å²) in [6, 6.07) is 0. The van der Waals surface area contributed by atoms with E-state index in [0.717, 1.165) is 24.2 Å². The number of hydrogen-bond acceptors (Lipinski definition) is 1. The van der Waals surface area contributed by atoms with Gasteiger partial charge in [0, 0.05) is 0 Å². The van der Waals surface area contributed by atoms with Gasteiger partial charge in [-0.1, -0.05) is 12.5 Å². The van der Waals surface area contributed by atoms with Gasteiger partial charge >= 0.3 is 0 Å². The average Bonchev–Trinajstić information content (AvgIpc) is 2.64. The van der Waals surface area contributed by atoms with Crippen LogP contribution in [0.25, 0.3) is 0 Å². The van der Waals surface area contributed by atoms with Crippen LogP contribution in [0.4, 0.5) is 0 Å². The van der Waals surface area contributed by atoms with Crippen LogP contribution >= 0.6 is 0 Å². The first-order valence-corrected chi connectivity index (χ1v) is 5.10. The van der Waals surface area contributed by atoms with Gasteiger partial charge in [0.2, 0.25) is 0 Å². The summed E-state index contributed by atoms with van der Waals surface area (Å²) in [5, 5.41) is 9.43. The smallest absolute Gasteiger partial charge is 0.0721 e. The maximum Gasteiger partial charge on any atom is 0.0721 e. The predicted octanol–water partition coefficient (Wildman–Crippen LogP) is 2.36. The second-order valence-electron chi connectivity index (χ2n) is 4.47. The van der Waals surface area contributed by atoms with Gasteiger partial charge in [0.05, 0.1) is 6.10 Å². The lowest BCUT2D eigenvalue weighted by Crippen LogP contribution is -2.16. The van der Waals surface area contributed by atoms with E-state index in [-0.39, 0.29) is 6.10 Å². The van der Waals surface area contributed by atoms with Gasteiger partial charge in [-0.25, -0.2) is 0 Å². The monoisotopic (exact) mass is 166 g/mol. The second kappa shape index (κ2) is 3.21. The van der Waals surface area contributed by atoms with Crippen molar-refractivity contribution in [2.24, 2.45) is 17.8 Å². The summed E-state index contributed by atoms with van der Waals surface area (Å²) in [6.07, 6.45) is 8.06. The molecule has 68 valence electrons. The van der Waals surface area contributed by atoms with Crippen LogP contribution in [0.5, 0.6) is 0 Å². The molecule has 1 nitrogen and oxygen atoms in total. The number of aliphatic hydroxyl groups is 1. The minimum Gasteiger partial charge on any atom is -0.389 e. The first-order valence-electron chi connectivity index (χ1n) is 5.10. The summed E-state index contributed by atoms with van der Waals surface area (Å²) in [5.74, 6) is 2.73. The summed E-state index contributed by atoms with van der Waals surface area (Å²) in [6.45, 7) is 3.61. The van der Waals surface area contributed by atoms with Gasteiger partial charge in [-0.05, 0) is 43.4 Å². The number of aliphatic hydroxyl groups excluding tert-OH is 1. The SMILES string of the molecule is C=C[C@H](O)C[C@H]1C[C@H]2CC[C@H]1C2. The average molecular weight is 166 g/mol. The van der Waals surface area contributed by atoms with Crippen LogP contribution in [0.2, 0.25) is 0 Å². The largest absolute Gasteiger partial charge is 0.389 e. The van der Waals surface area contributed by atoms with Gasteiger partial charge in [-0.3, -0.25) is 0 Å². The zero-order chi connectivity index (χ0) is 8.55. The molecule has 0 aromatic rings. The zero-order valence-corrected chi connectivity index (χ0v) is 7.58. The molecule has 0 amide bonds. The third kappa shape index (κ3) is 1.42. The highest BCUT2D eigenvalue weighted by atomic mass is 16.3. The molecule has 4 atom stereocenters. The maximum absolute atomic E-state index is 9.43. The molecule has 1 N–H and O–H groups in total. The van der Waals surface area contributed by atoms with E-state index in [2.05, 4.69) is 6.58 Å². The van der Waals surface area contributed by atoms with Crippen LogP contribution < -0.4 is 0 Å². The topological polar surface area (TPSA) is 20.2 Å². The second-order valence-corrected chi connectivity index (χ2v) is 4.47. The van der Waals surface area contributed by atoms with Gasteiger partial charge < -0.3 is 5.11 Å². The number of hydrogen-bond donors (Lipinski definition) is 1. The molecule has 0 aliphatic heterocycles. The summed E-state index contributed by atoms with van der Waals surface area (Å²) in [7, 11) is 0. The Hall–Kier alpha value is -0.300. The zero-order valence-electron chi connectivity index (χ0n) is 7.58. The Balaban J connectivity index is 1.86. The molecule has 2 aliphatic rings. The summed E-state index contributed by atoms with van der Waals surface area (Å²) in [5.41, 5.74) is 0. The molecule has 0 radical (unpaired) electrons. The third-order valence-corrected chi connectivity index (χ3v) is 3.70. The molecule has 1 heteroatoms. The lowest BCUT2D eigenvalue weighted by atomic mass is 9.85. The van der Waals surface area contributed by atoms with Crippen molar-refractivity contribution < 1.29 is 5.11 Å². The van der Waals surface area contributed by atoms with Crippen LogP contribution in [0.1, 0.15) is 32.1 Å². The summed E-state index contributed by atoms with van der Waals surface area (Å²) < 4.78 is 0. The minimum absolute atomic E-state index is 0.255. The standard InChI is InChI=1S/C11H18O/c1-2-11(12)7-10-6-8-3-4-9(10)5-8/h2,8-12H,1,3-7H2/t8-,9-,10+,11-/m0/s1. The molecule has 2 bridgehead atoms. The highest BCUT2D eigenvalue weighted by Crippen LogP contribution is 2.49. The Bertz CT molecular complexity index is 176. The molecule has 2 fully saturated rings. The fourth-order valence-corrected chi connectivity index (χ4v) is 3.07. The molecule has 2 aliphatic carbocycles. The van der Waals surface area contributed by atoms with Crippen molar-refractivity contribution in [3.05, 3.63) is 12.7 Å². The van der Waals surface area contributed by atoms with Crippen molar-refractivity contribution in [3.8, 4) is 0 Å². The fourth-order valence-electron chi connectivity index (χ4n) is 3.07. The minimum atomic E-state index is -0.255. The Morgan fingerprint density at radius 2 is 2.25 bits per heavy atom. The van der Waals surface area contributed by atoms with Crippen molar-refractivity contribution in [3.63, 3.8) is 0 Å². The third-order valence-electron chi connectivity index (χ3n) is 3.70. The van der Waals surface area contributed by atoms with Crippen LogP contribution in [-0.2, 0) is 0 Å². The van der Waals surface area contributed by atoms with Crippen molar-refractivity contribution in [1.82, 2.24) is 0 Å². The predicted molar refractivity (Wildman–Crippen MR) is 49.8 cm³/mol. The van der Waals surface area contributed by atoms with Crippen LogP contribution in [0, 0.1) is 17.8 Å². The normalized spacial score (nSPS) is 41.6. The van der Waals surface area contributed by atoms with Crippen molar-refractivity contribution >= 4 is 0 Å². The number of fused-ring (bicyclic) bond motifs is 2. The van der Waals surface area contributed by atoms with E-state index in [1.807, 2.05) is 0 Å². The molecule has 2 saturated carbocycles.